The number of alkyl halides is 2. The highest BCUT2D eigenvalue weighted by atomic mass is 19.3. The smallest absolute Gasteiger partial charge is 0.331 e. The van der Waals surface area contributed by atoms with Crippen molar-refractivity contribution in [2.45, 2.75) is 33.9 Å². The van der Waals surface area contributed by atoms with Gasteiger partial charge in [-0.15, -0.1) is 0 Å². The number of aromatic nitrogens is 4. The molecule has 2 rings (SSSR count). The fourth-order valence-corrected chi connectivity index (χ4v) is 1.85. The summed E-state index contributed by atoms with van der Waals surface area (Å²) >= 11 is 0. The highest BCUT2D eigenvalue weighted by molar-refractivity contribution is 5.92. The molecule has 0 aromatic carbocycles. The lowest BCUT2D eigenvalue weighted by molar-refractivity contribution is 0.0531. The summed E-state index contributed by atoms with van der Waals surface area (Å²) in [5.41, 5.74) is 1.30. The van der Waals surface area contributed by atoms with Gasteiger partial charge in [0.1, 0.15) is 11.4 Å². The Morgan fingerprint density at radius 2 is 2.14 bits per heavy atom. The Hall–Kier alpha value is -2.32. The average Bonchev–Trinajstić information content (AvgIpc) is 3.01. The van der Waals surface area contributed by atoms with Crippen LogP contribution in [-0.2, 0) is 6.54 Å². The van der Waals surface area contributed by atoms with Gasteiger partial charge in [-0.2, -0.15) is 13.9 Å². The third kappa shape index (κ3) is 3.06. The lowest BCUT2D eigenvalue weighted by atomic mass is 10.3. The lowest BCUT2D eigenvalue weighted by Gasteiger charge is -2.18. The van der Waals surface area contributed by atoms with E-state index in [0.717, 1.165) is 0 Å². The maximum absolute atomic E-state index is 12.7. The van der Waals surface area contributed by atoms with Crippen molar-refractivity contribution < 1.29 is 18.2 Å². The Morgan fingerprint density at radius 1 is 1.43 bits per heavy atom. The quantitative estimate of drug-likeness (QED) is 0.843. The van der Waals surface area contributed by atoms with Crippen molar-refractivity contribution in [1.29, 1.82) is 0 Å². The van der Waals surface area contributed by atoms with E-state index in [1.807, 2.05) is 0 Å². The van der Waals surface area contributed by atoms with Crippen LogP contribution in [0.2, 0.25) is 0 Å². The normalized spacial score (nSPS) is 11.1. The molecule has 0 bridgehead atoms. The summed E-state index contributed by atoms with van der Waals surface area (Å²) in [6.45, 7) is 2.75. The van der Waals surface area contributed by atoms with Gasteiger partial charge in [0.15, 0.2) is 5.69 Å². The molecule has 2 heterocycles. The number of hydrogen-bond acceptors (Lipinski definition) is 5. The fourth-order valence-electron chi connectivity index (χ4n) is 1.85. The van der Waals surface area contributed by atoms with Gasteiger partial charge in [0, 0.05) is 12.2 Å². The fraction of sp³-hybridized carbons (Fsp3) is 0.500. The first-order chi connectivity index (χ1) is 9.93. The van der Waals surface area contributed by atoms with Crippen LogP contribution in [0.15, 0.2) is 10.7 Å². The van der Waals surface area contributed by atoms with Crippen LogP contribution >= 0.6 is 0 Å². The molecule has 0 atom stereocenters. The number of carbonyl (C=O) groups is 1. The van der Waals surface area contributed by atoms with Crippen molar-refractivity contribution in [2.75, 3.05) is 6.54 Å². The van der Waals surface area contributed by atoms with Crippen LogP contribution in [-0.4, -0.2) is 37.4 Å². The molecular formula is C12H15F2N5O2. The molecule has 0 N–H and O–H groups in total. The molecule has 0 unspecified atom stereocenters. The van der Waals surface area contributed by atoms with Crippen molar-refractivity contribution in [3.63, 3.8) is 0 Å². The zero-order valence-corrected chi connectivity index (χ0v) is 11.9. The van der Waals surface area contributed by atoms with E-state index in [2.05, 4.69) is 20.0 Å². The van der Waals surface area contributed by atoms with Gasteiger partial charge in [-0.1, -0.05) is 10.3 Å². The van der Waals surface area contributed by atoms with Crippen LogP contribution in [0.4, 0.5) is 8.78 Å². The molecule has 0 fully saturated rings. The van der Waals surface area contributed by atoms with E-state index in [-0.39, 0.29) is 17.9 Å². The number of nitrogens with zero attached hydrogens (tertiary/aromatic N) is 5. The minimum Gasteiger partial charge on any atom is -0.331 e. The molecule has 0 saturated heterocycles. The maximum Gasteiger partial charge on any atom is 0.333 e. The number of hydrogen-bond donors (Lipinski definition) is 0. The lowest BCUT2D eigenvalue weighted by Crippen LogP contribution is -2.31. The number of aryl methyl sites for hydroxylation is 2. The van der Waals surface area contributed by atoms with E-state index in [1.54, 1.807) is 13.8 Å². The number of halogens is 2. The van der Waals surface area contributed by atoms with Gasteiger partial charge in [-0.05, 0) is 26.8 Å². The molecule has 0 spiro atoms. The standard InChI is InChI=1S/C12H15F2N5O2/c1-4-18(6-10-8(3)16-21-17-10)11(20)9-5-7(2)19(15-9)12(13)14/h5,12H,4,6H2,1-3H3. The van der Waals surface area contributed by atoms with Gasteiger partial charge in [-0.25, -0.2) is 9.31 Å². The monoisotopic (exact) mass is 299 g/mol. The van der Waals surface area contributed by atoms with Crippen LogP contribution in [0, 0.1) is 13.8 Å². The molecular weight excluding hydrogens is 284 g/mol. The second kappa shape index (κ2) is 5.98. The first-order valence-electron chi connectivity index (χ1n) is 6.35. The Bertz CT molecular complexity index is 637. The maximum atomic E-state index is 12.7. The average molecular weight is 299 g/mol. The highest BCUT2D eigenvalue weighted by Crippen LogP contribution is 2.16. The third-order valence-corrected chi connectivity index (χ3v) is 3.08. The van der Waals surface area contributed by atoms with Gasteiger partial charge in [0.2, 0.25) is 0 Å². The van der Waals surface area contributed by atoms with Gasteiger partial charge >= 0.3 is 6.55 Å². The van der Waals surface area contributed by atoms with Crippen LogP contribution < -0.4 is 0 Å². The predicted molar refractivity (Wildman–Crippen MR) is 67.7 cm³/mol. The van der Waals surface area contributed by atoms with Crippen LogP contribution in [0.5, 0.6) is 0 Å². The Labute approximate surface area is 119 Å². The predicted octanol–water partition coefficient (Wildman–Crippen LogP) is 1.94. The Kier molecular flexibility index (Phi) is 4.29. The summed E-state index contributed by atoms with van der Waals surface area (Å²) in [5.74, 6) is -0.442. The van der Waals surface area contributed by atoms with E-state index in [1.165, 1.54) is 17.9 Å². The summed E-state index contributed by atoms with van der Waals surface area (Å²) in [6, 6.07) is 1.34. The summed E-state index contributed by atoms with van der Waals surface area (Å²) < 4.78 is 30.5. The molecule has 0 aliphatic heterocycles. The Morgan fingerprint density at radius 3 is 2.62 bits per heavy atom. The second-order valence-corrected chi connectivity index (χ2v) is 4.51. The van der Waals surface area contributed by atoms with Gasteiger partial charge in [0.05, 0.1) is 6.54 Å². The van der Waals surface area contributed by atoms with E-state index < -0.39 is 12.5 Å². The molecule has 0 radical (unpaired) electrons. The Balaban J connectivity index is 2.20. The molecule has 2 aromatic rings. The van der Waals surface area contributed by atoms with Crippen molar-refractivity contribution in [3.8, 4) is 0 Å². The van der Waals surface area contributed by atoms with Crippen molar-refractivity contribution >= 4 is 5.91 Å². The van der Waals surface area contributed by atoms with Crippen LogP contribution in [0.3, 0.4) is 0 Å². The third-order valence-electron chi connectivity index (χ3n) is 3.08. The molecule has 114 valence electrons. The van der Waals surface area contributed by atoms with Crippen molar-refractivity contribution in [1.82, 2.24) is 25.0 Å². The van der Waals surface area contributed by atoms with E-state index in [9.17, 15) is 13.6 Å². The summed E-state index contributed by atoms with van der Waals surface area (Å²) in [6.07, 6.45) is 0. The number of rotatable bonds is 5. The van der Waals surface area contributed by atoms with Gasteiger partial charge in [-0.3, -0.25) is 4.79 Å². The van der Waals surface area contributed by atoms with E-state index in [4.69, 9.17) is 0 Å². The first kappa shape index (κ1) is 15.1. The van der Waals surface area contributed by atoms with Crippen LogP contribution in [0.25, 0.3) is 0 Å². The number of carbonyl (C=O) groups excluding carboxylic acids is 1. The SMILES string of the molecule is CCN(Cc1nonc1C)C(=O)c1cc(C)n(C(F)F)n1. The highest BCUT2D eigenvalue weighted by Gasteiger charge is 2.22. The molecule has 2 aromatic heterocycles. The summed E-state index contributed by atoms with van der Waals surface area (Å²) in [4.78, 5) is 13.8. The van der Waals surface area contributed by atoms with Gasteiger partial charge in [0.25, 0.3) is 5.91 Å². The molecule has 1 amide bonds. The number of amides is 1. The van der Waals surface area contributed by atoms with E-state index in [0.29, 0.717) is 22.6 Å². The zero-order chi connectivity index (χ0) is 15.6. The zero-order valence-electron chi connectivity index (χ0n) is 11.9. The molecule has 21 heavy (non-hydrogen) atoms. The summed E-state index contributed by atoms with van der Waals surface area (Å²) in [7, 11) is 0. The topological polar surface area (TPSA) is 77.0 Å². The van der Waals surface area contributed by atoms with Crippen LogP contribution in [0.1, 0.15) is 41.0 Å². The second-order valence-electron chi connectivity index (χ2n) is 4.51. The molecule has 7 nitrogen and oxygen atoms in total. The van der Waals surface area contributed by atoms with E-state index >= 15 is 0 Å². The summed E-state index contributed by atoms with van der Waals surface area (Å²) in [5, 5.41) is 11.0. The molecule has 9 heteroatoms. The molecule has 0 saturated carbocycles. The minimum absolute atomic E-state index is 0.0243. The first-order valence-corrected chi connectivity index (χ1v) is 6.35. The van der Waals surface area contributed by atoms with Gasteiger partial charge < -0.3 is 4.90 Å². The molecule has 0 aliphatic rings. The largest absolute Gasteiger partial charge is 0.333 e. The van der Waals surface area contributed by atoms with Crippen molar-refractivity contribution in [2.24, 2.45) is 0 Å². The van der Waals surface area contributed by atoms with Crippen molar-refractivity contribution in [3.05, 3.63) is 28.8 Å². The minimum atomic E-state index is -2.77. The molecule has 0 aliphatic carbocycles.